The lowest BCUT2D eigenvalue weighted by Gasteiger charge is -2.11. The number of alkyl halides is 6. The fourth-order valence-corrected chi connectivity index (χ4v) is 3.64. The van der Waals surface area contributed by atoms with Crippen molar-refractivity contribution in [2.24, 2.45) is 0 Å². The molecule has 4 aromatic rings. The number of hydrogen-bond acceptors (Lipinski definition) is 4. The second kappa shape index (κ2) is 8.57. The Balaban J connectivity index is 1.90. The second-order valence-electron chi connectivity index (χ2n) is 7.44. The number of furan rings is 1. The number of carboxylic acid groups (broad SMARTS) is 1. The van der Waals surface area contributed by atoms with Gasteiger partial charge in [-0.15, -0.1) is 26.3 Å². The Labute approximate surface area is 193 Å². The van der Waals surface area contributed by atoms with Crippen molar-refractivity contribution in [1.29, 1.82) is 0 Å². The first-order valence-corrected chi connectivity index (χ1v) is 9.83. The average molecular weight is 496 g/mol. The van der Waals surface area contributed by atoms with Crippen LogP contribution in [-0.4, -0.2) is 23.8 Å². The van der Waals surface area contributed by atoms with Gasteiger partial charge in [-0.05, 0) is 66.6 Å². The van der Waals surface area contributed by atoms with Crippen molar-refractivity contribution < 1.29 is 50.1 Å². The number of aryl methyl sites for hydroxylation is 1. The van der Waals surface area contributed by atoms with Crippen LogP contribution in [-0.2, 0) is 0 Å². The first-order chi connectivity index (χ1) is 16.3. The highest BCUT2D eigenvalue weighted by Crippen LogP contribution is 2.44. The van der Waals surface area contributed by atoms with Crippen molar-refractivity contribution in [3.05, 3.63) is 71.8 Å². The zero-order valence-electron chi connectivity index (χ0n) is 17.6. The van der Waals surface area contributed by atoms with E-state index in [1.807, 2.05) is 0 Å². The largest absolute Gasteiger partial charge is 0.573 e. The predicted molar refractivity (Wildman–Crippen MR) is 112 cm³/mol. The van der Waals surface area contributed by atoms with Crippen LogP contribution < -0.4 is 9.47 Å². The number of aromatic carboxylic acids is 1. The topological polar surface area (TPSA) is 68.9 Å². The van der Waals surface area contributed by atoms with Gasteiger partial charge in [0.05, 0.1) is 5.56 Å². The van der Waals surface area contributed by atoms with E-state index in [4.69, 9.17) is 4.42 Å². The summed E-state index contributed by atoms with van der Waals surface area (Å²) in [6.07, 6.45) is -9.79. The summed E-state index contributed by atoms with van der Waals surface area (Å²) in [5, 5.41) is 9.94. The minimum Gasteiger partial charge on any atom is -0.478 e. The van der Waals surface area contributed by atoms with Gasteiger partial charge < -0.3 is 19.0 Å². The minimum absolute atomic E-state index is 0.108. The molecule has 182 valence electrons. The summed E-state index contributed by atoms with van der Waals surface area (Å²) in [4.78, 5) is 12.0. The van der Waals surface area contributed by atoms with Crippen molar-refractivity contribution in [2.75, 3.05) is 0 Å². The summed E-state index contributed by atoms with van der Waals surface area (Å²) in [5.74, 6) is -2.12. The number of ether oxygens (including phenoxy) is 2. The summed E-state index contributed by atoms with van der Waals surface area (Å²) in [6.45, 7) is 1.65. The molecular formula is C24H14F6O5. The Morgan fingerprint density at radius 1 is 0.800 bits per heavy atom. The van der Waals surface area contributed by atoms with Crippen molar-refractivity contribution in [3.63, 3.8) is 0 Å². The standard InChI is InChI=1S/C24H14F6O5/c1-12-10-17(22(31)32)20-18(11-12)33-21(14-4-8-16(9-5-14)35-24(28,29)30)19(20)13-2-6-15(7-3-13)34-23(25,26)27/h2-11H,1H3,(H,31,32). The maximum absolute atomic E-state index is 12.5. The molecule has 0 radical (unpaired) electrons. The van der Waals surface area contributed by atoms with Gasteiger partial charge in [0, 0.05) is 16.5 Å². The Bertz CT molecular complexity index is 1380. The summed E-state index contributed by atoms with van der Waals surface area (Å²) >= 11 is 0. The molecule has 0 bridgehead atoms. The molecule has 0 fully saturated rings. The van der Waals surface area contributed by atoms with Gasteiger partial charge in [0.2, 0.25) is 0 Å². The molecule has 1 heterocycles. The molecule has 4 rings (SSSR count). The molecule has 1 N–H and O–H groups in total. The summed E-state index contributed by atoms with van der Waals surface area (Å²) in [7, 11) is 0. The van der Waals surface area contributed by atoms with E-state index in [2.05, 4.69) is 9.47 Å². The first-order valence-electron chi connectivity index (χ1n) is 9.83. The predicted octanol–water partition coefficient (Wildman–Crippen LogP) is 7.57. The van der Waals surface area contributed by atoms with Crippen LogP contribution in [0.1, 0.15) is 15.9 Å². The lowest BCUT2D eigenvalue weighted by molar-refractivity contribution is -0.275. The molecule has 0 aliphatic heterocycles. The van der Waals surface area contributed by atoms with E-state index >= 15 is 0 Å². The van der Waals surface area contributed by atoms with Gasteiger partial charge >= 0.3 is 18.7 Å². The van der Waals surface area contributed by atoms with Gasteiger partial charge in [-0.1, -0.05) is 12.1 Å². The van der Waals surface area contributed by atoms with Gasteiger partial charge in [0.25, 0.3) is 0 Å². The van der Waals surface area contributed by atoms with Crippen LogP contribution in [0, 0.1) is 6.92 Å². The van der Waals surface area contributed by atoms with E-state index in [0.717, 1.165) is 24.3 Å². The van der Waals surface area contributed by atoms with Gasteiger partial charge in [0.15, 0.2) is 0 Å². The number of carboxylic acids is 1. The molecule has 5 nitrogen and oxygen atoms in total. The lowest BCUT2D eigenvalue weighted by Crippen LogP contribution is -2.17. The van der Waals surface area contributed by atoms with Crippen LogP contribution >= 0.6 is 0 Å². The highest BCUT2D eigenvalue weighted by Gasteiger charge is 2.32. The van der Waals surface area contributed by atoms with Crippen molar-refractivity contribution >= 4 is 16.9 Å². The van der Waals surface area contributed by atoms with E-state index in [-0.39, 0.29) is 33.4 Å². The summed E-state index contributed by atoms with van der Waals surface area (Å²) in [5.41, 5.74) is 1.46. The molecule has 3 aromatic carbocycles. The zero-order chi connectivity index (χ0) is 25.5. The number of hydrogen-bond donors (Lipinski definition) is 1. The number of fused-ring (bicyclic) bond motifs is 1. The summed E-state index contributed by atoms with van der Waals surface area (Å²) in [6, 6.07) is 12.4. The molecule has 0 saturated carbocycles. The monoisotopic (exact) mass is 496 g/mol. The number of benzene rings is 3. The highest BCUT2D eigenvalue weighted by molar-refractivity contribution is 6.12. The molecular weight excluding hydrogens is 482 g/mol. The third kappa shape index (κ3) is 5.34. The molecule has 0 spiro atoms. The Kier molecular flexibility index (Phi) is 5.87. The first kappa shape index (κ1) is 24.0. The van der Waals surface area contributed by atoms with Crippen LogP contribution in [0.3, 0.4) is 0 Å². The fourth-order valence-electron chi connectivity index (χ4n) is 3.64. The Morgan fingerprint density at radius 2 is 1.29 bits per heavy atom. The van der Waals surface area contributed by atoms with E-state index in [1.54, 1.807) is 13.0 Å². The SMILES string of the molecule is Cc1cc(C(=O)O)c2c(-c3ccc(OC(F)(F)F)cc3)c(-c3ccc(OC(F)(F)F)cc3)oc2c1. The summed E-state index contributed by atoms with van der Waals surface area (Å²) < 4.78 is 88.8. The zero-order valence-corrected chi connectivity index (χ0v) is 17.6. The Hall–Kier alpha value is -4.15. The maximum Gasteiger partial charge on any atom is 0.573 e. The highest BCUT2D eigenvalue weighted by atomic mass is 19.4. The molecule has 0 unspecified atom stereocenters. The second-order valence-corrected chi connectivity index (χ2v) is 7.44. The van der Waals surface area contributed by atoms with Crippen LogP contribution in [0.25, 0.3) is 33.4 Å². The molecule has 0 aliphatic carbocycles. The molecule has 11 heteroatoms. The van der Waals surface area contributed by atoms with Crippen LogP contribution in [0.15, 0.2) is 65.1 Å². The van der Waals surface area contributed by atoms with Gasteiger partial charge in [-0.3, -0.25) is 0 Å². The quantitative estimate of drug-likeness (QED) is 0.289. The normalized spacial score (nSPS) is 12.1. The number of halogens is 6. The van der Waals surface area contributed by atoms with Crippen LogP contribution in [0.2, 0.25) is 0 Å². The molecule has 0 atom stereocenters. The van der Waals surface area contributed by atoms with Crippen molar-refractivity contribution in [2.45, 2.75) is 19.6 Å². The molecule has 35 heavy (non-hydrogen) atoms. The van der Waals surface area contributed by atoms with Gasteiger partial charge in [0.1, 0.15) is 22.8 Å². The lowest BCUT2D eigenvalue weighted by atomic mass is 9.95. The van der Waals surface area contributed by atoms with Crippen LogP contribution in [0.5, 0.6) is 11.5 Å². The van der Waals surface area contributed by atoms with E-state index < -0.39 is 30.2 Å². The molecule has 0 amide bonds. The average Bonchev–Trinajstić information content (AvgIpc) is 3.11. The third-order valence-electron chi connectivity index (χ3n) is 4.89. The number of carbonyl (C=O) groups is 1. The van der Waals surface area contributed by atoms with Crippen molar-refractivity contribution in [3.8, 4) is 33.9 Å². The van der Waals surface area contributed by atoms with E-state index in [0.29, 0.717) is 11.1 Å². The molecule has 0 aliphatic rings. The van der Waals surface area contributed by atoms with E-state index in [1.165, 1.54) is 30.3 Å². The van der Waals surface area contributed by atoms with Crippen molar-refractivity contribution in [1.82, 2.24) is 0 Å². The maximum atomic E-state index is 12.5. The smallest absolute Gasteiger partial charge is 0.478 e. The third-order valence-corrected chi connectivity index (χ3v) is 4.89. The minimum atomic E-state index is -4.90. The molecule has 0 saturated heterocycles. The Morgan fingerprint density at radius 3 is 1.74 bits per heavy atom. The van der Waals surface area contributed by atoms with Gasteiger partial charge in [-0.2, -0.15) is 0 Å². The van der Waals surface area contributed by atoms with Gasteiger partial charge in [-0.25, -0.2) is 4.79 Å². The fraction of sp³-hybridized carbons (Fsp3) is 0.125. The van der Waals surface area contributed by atoms with E-state index in [9.17, 15) is 36.2 Å². The van der Waals surface area contributed by atoms with Crippen LogP contribution in [0.4, 0.5) is 26.3 Å². The molecule has 1 aromatic heterocycles. The number of rotatable bonds is 5.